The first-order valence-electron chi connectivity index (χ1n) is 8.32. The van der Waals surface area contributed by atoms with E-state index in [1.54, 1.807) is 0 Å². The normalized spacial score (nSPS) is 11.7. The van der Waals surface area contributed by atoms with Gasteiger partial charge in [0.1, 0.15) is 11.5 Å². The number of carbonyl (C=O) groups excluding carboxylic acids is 1. The number of methoxy groups -OCH3 is 1. The lowest BCUT2D eigenvalue weighted by atomic mass is 10.0. The van der Waals surface area contributed by atoms with Gasteiger partial charge in [0.05, 0.1) is 18.7 Å². The summed E-state index contributed by atoms with van der Waals surface area (Å²) in [6.45, 7) is 0. The predicted octanol–water partition coefficient (Wildman–Crippen LogP) is 2.59. The molecule has 3 aromatic rings. The van der Waals surface area contributed by atoms with Crippen molar-refractivity contribution in [3.05, 3.63) is 93.7 Å². The number of carbonyl (C=O) groups is 1. The van der Waals surface area contributed by atoms with Crippen LogP contribution in [0, 0.1) is 11.6 Å². The zero-order valence-electron chi connectivity index (χ0n) is 15.1. The fourth-order valence-electron chi connectivity index (χ4n) is 2.72. The Labute approximate surface area is 159 Å². The van der Waals surface area contributed by atoms with Gasteiger partial charge in [-0.05, 0) is 35.9 Å². The van der Waals surface area contributed by atoms with Crippen molar-refractivity contribution < 1.29 is 18.3 Å². The van der Waals surface area contributed by atoms with E-state index in [4.69, 9.17) is 4.74 Å². The van der Waals surface area contributed by atoms with Gasteiger partial charge in [-0.2, -0.15) is 0 Å². The number of aryl methyl sites for hydroxylation is 1. The molecule has 0 aliphatic carbocycles. The molecule has 8 heteroatoms. The van der Waals surface area contributed by atoms with Gasteiger partial charge in [0, 0.05) is 25.5 Å². The van der Waals surface area contributed by atoms with Crippen LogP contribution in [0.2, 0.25) is 0 Å². The molecule has 2 heterocycles. The van der Waals surface area contributed by atoms with E-state index in [1.807, 2.05) is 0 Å². The maximum atomic E-state index is 14.4. The predicted molar refractivity (Wildman–Crippen MR) is 98.1 cm³/mol. The monoisotopic (exact) mass is 385 g/mol. The highest BCUT2D eigenvalue weighted by atomic mass is 19.1. The maximum Gasteiger partial charge on any atom is 0.253 e. The number of nitrogens with zero attached hydrogens (tertiary/aromatic N) is 2. The highest BCUT2D eigenvalue weighted by Gasteiger charge is 2.23. The summed E-state index contributed by atoms with van der Waals surface area (Å²) >= 11 is 0. The first-order chi connectivity index (χ1) is 13.4. The lowest BCUT2D eigenvalue weighted by Crippen LogP contribution is -2.31. The van der Waals surface area contributed by atoms with Crippen molar-refractivity contribution in [2.24, 2.45) is 7.05 Å². The first kappa shape index (κ1) is 19.2. The molecule has 144 valence electrons. The Kier molecular flexibility index (Phi) is 5.49. The average Bonchev–Trinajstić information content (AvgIpc) is 2.68. The highest BCUT2D eigenvalue weighted by molar-refractivity contribution is 5.94. The molecule has 1 atom stereocenters. The Balaban J connectivity index is 2.02. The zero-order chi connectivity index (χ0) is 20.3. The summed E-state index contributed by atoms with van der Waals surface area (Å²) in [6, 6.07) is 8.23. The number of benzene rings is 1. The molecule has 0 bridgehead atoms. The molecule has 0 spiro atoms. The molecule has 6 nitrogen and oxygen atoms in total. The summed E-state index contributed by atoms with van der Waals surface area (Å²) in [4.78, 5) is 28.2. The standard InChI is InChI=1S/C20H17F2N3O3/c1-25-11-13(6-8-17(25)26)20(27)24-18(19-14(21)4-3-9-23-19)12-5-7-16(28-2)15(22)10-12/h3-11,18H,1-2H3,(H,24,27). The van der Waals surface area contributed by atoms with Gasteiger partial charge >= 0.3 is 0 Å². The largest absolute Gasteiger partial charge is 0.494 e. The van der Waals surface area contributed by atoms with Gasteiger partial charge in [-0.25, -0.2) is 8.78 Å². The van der Waals surface area contributed by atoms with Crippen LogP contribution >= 0.6 is 0 Å². The molecule has 3 rings (SSSR count). The highest BCUT2D eigenvalue weighted by Crippen LogP contribution is 2.27. The van der Waals surface area contributed by atoms with Crippen LogP contribution in [0.1, 0.15) is 27.7 Å². The number of hydrogen-bond acceptors (Lipinski definition) is 4. The number of nitrogens with one attached hydrogen (secondary N) is 1. The van der Waals surface area contributed by atoms with Gasteiger partial charge in [0.25, 0.3) is 5.91 Å². The molecule has 0 saturated carbocycles. The molecule has 28 heavy (non-hydrogen) atoms. The second-order valence-corrected chi connectivity index (χ2v) is 6.04. The van der Waals surface area contributed by atoms with Crippen LogP contribution in [0.25, 0.3) is 0 Å². The van der Waals surface area contributed by atoms with Gasteiger partial charge in [-0.1, -0.05) is 6.07 Å². The van der Waals surface area contributed by atoms with E-state index in [2.05, 4.69) is 10.3 Å². The number of amides is 1. The van der Waals surface area contributed by atoms with Crippen molar-refractivity contribution in [2.45, 2.75) is 6.04 Å². The van der Waals surface area contributed by atoms with Gasteiger partial charge < -0.3 is 14.6 Å². The third-order valence-corrected chi connectivity index (χ3v) is 4.19. The molecule has 0 saturated heterocycles. The minimum absolute atomic E-state index is 0.0216. The van der Waals surface area contributed by atoms with Crippen LogP contribution in [0.3, 0.4) is 0 Å². The van der Waals surface area contributed by atoms with Gasteiger partial charge in [0.15, 0.2) is 11.6 Å². The molecule has 1 N–H and O–H groups in total. The minimum Gasteiger partial charge on any atom is -0.494 e. The fraction of sp³-hybridized carbons (Fsp3) is 0.150. The Morgan fingerprint density at radius 3 is 2.61 bits per heavy atom. The van der Waals surface area contributed by atoms with Crippen LogP contribution in [0.15, 0.2) is 59.7 Å². The summed E-state index contributed by atoms with van der Waals surface area (Å²) in [5.74, 6) is -1.85. The number of ether oxygens (including phenoxy) is 1. The molecule has 2 aromatic heterocycles. The maximum absolute atomic E-state index is 14.4. The Morgan fingerprint density at radius 2 is 1.96 bits per heavy atom. The van der Waals surface area contributed by atoms with E-state index < -0.39 is 23.6 Å². The van der Waals surface area contributed by atoms with Gasteiger partial charge in [-0.15, -0.1) is 0 Å². The Hall–Kier alpha value is -3.55. The third-order valence-electron chi connectivity index (χ3n) is 4.19. The number of pyridine rings is 2. The molecule has 1 aromatic carbocycles. The Morgan fingerprint density at radius 1 is 1.18 bits per heavy atom. The summed E-state index contributed by atoms with van der Waals surface area (Å²) in [7, 11) is 2.84. The van der Waals surface area contributed by atoms with Crippen molar-refractivity contribution in [1.29, 1.82) is 0 Å². The van der Waals surface area contributed by atoms with E-state index >= 15 is 0 Å². The van der Waals surface area contributed by atoms with E-state index in [9.17, 15) is 18.4 Å². The number of rotatable bonds is 5. The van der Waals surface area contributed by atoms with Crippen LogP contribution in [-0.4, -0.2) is 22.6 Å². The van der Waals surface area contributed by atoms with Gasteiger partial charge in [-0.3, -0.25) is 14.6 Å². The summed E-state index contributed by atoms with van der Waals surface area (Å²) in [6.07, 6.45) is 2.74. The van der Waals surface area contributed by atoms with E-state index in [-0.39, 0.29) is 28.1 Å². The zero-order valence-corrected chi connectivity index (χ0v) is 15.1. The van der Waals surface area contributed by atoms with E-state index in [1.165, 1.54) is 67.5 Å². The quantitative estimate of drug-likeness (QED) is 0.733. The van der Waals surface area contributed by atoms with E-state index in [0.29, 0.717) is 0 Å². The second-order valence-electron chi connectivity index (χ2n) is 6.04. The van der Waals surface area contributed by atoms with Crippen LogP contribution in [-0.2, 0) is 7.05 Å². The molecule has 0 aliphatic heterocycles. The average molecular weight is 385 g/mol. The fourth-order valence-corrected chi connectivity index (χ4v) is 2.72. The van der Waals surface area contributed by atoms with E-state index in [0.717, 1.165) is 6.07 Å². The van der Waals surface area contributed by atoms with Crippen LogP contribution in [0.5, 0.6) is 5.75 Å². The summed E-state index contributed by atoms with van der Waals surface area (Å²) < 4.78 is 34.7. The minimum atomic E-state index is -1.05. The van der Waals surface area contributed by atoms with Crippen LogP contribution in [0.4, 0.5) is 8.78 Å². The lowest BCUT2D eigenvalue weighted by molar-refractivity contribution is 0.0941. The van der Waals surface area contributed by atoms with Crippen molar-refractivity contribution in [2.75, 3.05) is 7.11 Å². The van der Waals surface area contributed by atoms with Crippen LogP contribution < -0.4 is 15.6 Å². The molecule has 1 amide bonds. The van der Waals surface area contributed by atoms with Crippen molar-refractivity contribution >= 4 is 5.91 Å². The summed E-state index contributed by atoms with van der Waals surface area (Å²) in [5.41, 5.74) is 0.137. The van der Waals surface area contributed by atoms with Crippen molar-refractivity contribution in [3.8, 4) is 5.75 Å². The lowest BCUT2D eigenvalue weighted by Gasteiger charge is -2.20. The molecule has 1 unspecified atom stereocenters. The van der Waals surface area contributed by atoms with Gasteiger partial charge in [0.2, 0.25) is 5.56 Å². The van der Waals surface area contributed by atoms with Crippen molar-refractivity contribution in [3.63, 3.8) is 0 Å². The molecule has 0 radical (unpaired) electrons. The third kappa shape index (κ3) is 3.90. The smallest absolute Gasteiger partial charge is 0.253 e. The molecule has 0 fully saturated rings. The first-order valence-corrected chi connectivity index (χ1v) is 8.32. The SMILES string of the molecule is COc1ccc(C(NC(=O)c2ccc(=O)n(C)c2)c2ncccc2F)cc1F. The van der Waals surface area contributed by atoms with Crippen molar-refractivity contribution in [1.82, 2.24) is 14.9 Å². The molecule has 0 aliphatic rings. The summed E-state index contributed by atoms with van der Waals surface area (Å²) in [5, 5.41) is 2.65. The molecular formula is C20H17F2N3O3. The number of aromatic nitrogens is 2. The Bertz CT molecular complexity index is 1080. The topological polar surface area (TPSA) is 73.2 Å². The second kappa shape index (κ2) is 7.99. The number of halogens is 2. The molecular weight excluding hydrogens is 368 g/mol. The number of hydrogen-bond donors (Lipinski definition) is 1.